The second-order valence-corrected chi connectivity index (χ2v) is 6.74. The van der Waals surface area contributed by atoms with Gasteiger partial charge in [0.05, 0.1) is 18.5 Å². The number of methoxy groups -OCH3 is 1. The molecule has 1 N–H and O–H groups in total. The summed E-state index contributed by atoms with van der Waals surface area (Å²) in [7, 11) is 1.59. The fourth-order valence-corrected chi connectivity index (χ4v) is 3.04. The molecule has 2 aromatic rings. The van der Waals surface area contributed by atoms with Crippen LogP contribution in [0.25, 0.3) is 11.5 Å². The minimum Gasteiger partial charge on any atom is -0.497 e. The zero-order valence-electron chi connectivity index (χ0n) is 18.3. The lowest BCUT2D eigenvalue weighted by atomic mass is 10.1. The first-order valence-electron chi connectivity index (χ1n) is 9.68. The summed E-state index contributed by atoms with van der Waals surface area (Å²) < 4.78 is 7.05. The first-order valence-corrected chi connectivity index (χ1v) is 9.68. The standard InChI is InChI=1S/C25H29N3O2/c1-8-10-11-12-24(29)21-14-13-17(3)23(15-21)27-19(5)25-18(4)22(20(6)30-7)16-28(25)26-9-2/h8-16,27H,5-6H2,1-4,7H3/b10-8-,12-11-,26-9-. The number of hydrogen-bond acceptors (Lipinski definition) is 4. The average molecular weight is 404 g/mol. The number of ether oxygens (including phenoxy) is 1. The van der Waals surface area contributed by atoms with Crippen molar-refractivity contribution in [3.8, 4) is 0 Å². The lowest BCUT2D eigenvalue weighted by Crippen LogP contribution is -2.06. The molecule has 156 valence electrons. The summed E-state index contributed by atoms with van der Waals surface area (Å²) in [6, 6.07) is 5.58. The van der Waals surface area contributed by atoms with E-state index in [-0.39, 0.29) is 5.78 Å². The van der Waals surface area contributed by atoms with Crippen molar-refractivity contribution < 1.29 is 9.53 Å². The second kappa shape index (κ2) is 10.3. The Bertz CT molecular complexity index is 1050. The molecule has 0 bridgehead atoms. The summed E-state index contributed by atoms with van der Waals surface area (Å²) in [5.74, 6) is 0.499. The first-order chi connectivity index (χ1) is 14.3. The molecule has 0 aliphatic heterocycles. The normalized spacial score (nSPS) is 11.5. The fraction of sp³-hybridized carbons (Fsp3) is 0.200. The molecule has 30 heavy (non-hydrogen) atoms. The van der Waals surface area contributed by atoms with E-state index >= 15 is 0 Å². The molecule has 0 radical (unpaired) electrons. The molecule has 2 rings (SSSR count). The maximum Gasteiger partial charge on any atom is 0.185 e. The number of aryl methyl sites for hydroxylation is 1. The van der Waals surface area contributed by atoms with Crippen molar-refractivity contribution in [3.05, 3.63) is 89.8 Å². The number of hydrogen-bond donors (Lipinski definition) is 1. The van der Waals surface area contributed by atoms with E-state index in [0.29, 0.717) is 17.0 Å². The van der Waals surface area contributed by atoms with Gasteiger partial charge in [-0.15, -0.1) is 0 Å². The summed E-state index contributed by atoms with van der Waals surface area (Å²) in [5, 5.41) is 7.75. The number of carbonyl (C=O) groups is 1. The van der Waals surface area contributed by atoms with E-state index in [1.54, 1.807) is 30.2 Å². The van der Waals surface area contributed by atoms with Crippen molar-refractivity contribution in [1.29, 1.82) is 0 Å². The maximum atomic E-state index is 12.4. The Kier molecular flexibility index (Phi) is 7.76. The van der Waals surface area contributed by atoms with Crippen LogP contribution in [0.5, 0.6) is 0 Å². The van der Waals surface area contributed by atoms with Crippen LogP contribution < -0.4 is 5.32 Å². The van der Waals surface area contributed by atoms with Gasteiger partial charge in [-0.2, -0.15) is 5.10 Å². The zero-order valence-corrected chi connectivity index (χ0v) is 18.3. The van der Waals surface area contributed by atoms with Crippen molar-refractivity contribution in [2.75, 3.05) is 12.4 Å². The molecule has 0 aliphatic carbocycles. The Labute approximate surface area is 178 Å². The quantitative estimate of drug-likeness (QED) is 0.184. The molecular weight excluding hydrogens is 374 g/mol. The number of nitrogens with one attached hydrogen (secondary N) is 1. The van der Waals surface area contributed by atoms with Crippen LogP contribution in [-0.4, -0.2) is 23.8 Å². The Morgan fingerprint density at radius 3 is 2.57 bits per heavy atom. The highest BCUT2D eigenvalue weighted by Crippen LogP contribution is 2.30. The number of carbonyl (C=O) groups excluding carboxylic acids is 1. The largest absolute Gasteiger partial charge is 0.497 e. The van der Waals surface area contributed by atoms with Crippen molar-refractivity contribution in [3.63, 3.8) is 0 Å². The predicted octanol–water partition coefficient (Wildman–Crippen LogP) is 5.97. The van der Waals surface area contributed by atoms with Crippen LogP contribution in [0.15, 0.2) is 67.0 Å². The van der Waals surface area contributed by atoms with Gasteiger partial charge in [-0.1, -0.05) is 43.5 Å². The van der Waals surface area contributed by atoms with Crippen LogP contribution in [0.3, 0.4) is 0 Å². The van der Waals surface area contributed by atoms with E-state index < -0.39 is 0 Å². The SMILES string of the molecule is C=C(OC)c1cn(/N=C\C)c(C(=C)Nc2cc(C(=O)/C=C\C=C/C)ccc2C)c1C. The van der Waals surface area contributed by atoms with Gasteiger partial charge in [-0.05, 0) is 51.0 Å². The molecule has 1 heterocycles. The Balaban J connectivity index is 2.40. The molecule has 0 fully saturated rings. The van der Waals surface area contributed by atoms with Gasteiger partial charge in [0.2, 0.25) is 0 Å². The number of benzene rings is 1. The van der Waals surface area contributed by atoms with Gasteiger partial charge in [0, 0.05) is 29.2 Å². The first kappa shape index (κ1) is 22.7. The molecule has 5 nitrogen and oxygen atoms in total. The monoisotopic (exact) mass is 403 g/mol. The van der Waals surface area contributed by atoms with Crippen molar-refractivity contribution in [1.82, 2.24) is 4.68 Å². The van der Waals surface area contributed by atoms with E-state index in [0.717, 1.165) is 28.1 Å². The average Bonchev–Trinajstić information content (AvgIpc) is 3.05. The van der Waals surface area contributed by atoms with E-state index in [1.165, 1.54) is 0 Å². The third-order valence-electron chi connectivity index (χ3n) is 4.67. The topological polar surface area (TPSA) is 55.6 Å². The van der Waals surface area contributed by atoms with Gasteiger partial charge >= 0.3 is 0 Å². The molecule has 0 aliphatic rings. The lowest BCUT2D eigenvalue weighted by Gasteiger charge is -2.15. The summed E-state index contributed by atoms with van der Waals surface area (Å²) >= 11 is 0. The van der Waals surface area contributed by atoms with Crippen molar-refractivity contribution in [2.24, 2.45) is 5.10 Å². The van der Waals surface area contributed by atoms with Crippen LogP contribution in [0.1, 0.15) is 46.6 Å². The number of anilines is 1. The molecule has 0 saturated heterocycles. The minimum atomic E-state index is -0.0596. The highest BCUT2D eigenvalue weighted by atomic mass is 16.5. The van der Waals surface area contributed by atoms with E-state index in [2.05, 4.69) is 23.6 Å². The van der Waals surface area contributed by atoms with Gasteiger partial charge < -0.3 is 10.1 Å². The number of nitrogens with zero attached hydrogens (tertiary/aromatic N) is 2. The molecule has 0 amide bonds. The van der Waals surface area contributed by atoms with Crippen LogP contribution in [-0.2, 0) is 4.74 Å². The Morgan fingerprint density at radius 2 is 1.93 bits per heavy atom. The number of allylic oxidation sites excluding steroid dienone is 4. The second-order valence-electron chi connectivity index (χ2n) is 6.74. The van der Waals surface area contributed by atoms with Crippen LogP contribution in [0.2, 0.25) is 0 Å². The molecule has 0 saturated carbocycles. The highest BCUT2D eigenvalue weighted by Gasteiger charge is 2.18. The van der Waals surface area contributed by atoms with Crippen LogP contribution in [0.4, 0.5) is 5.69 Å². The van der Waals surface area contributed by atoms with E-state index in [4.69, 9.17) is 4.74 Å². The lowest BCUT2D eigenvalue weighted by molar-refractivity contribution is 0.104. The molecular formula is C25H29N3O2. The summed E-state index contributed by atoms with van der Waals surface area (Å²) in [6.07, 6.45) is 10.6. The van der Waals surface area contributed by atoms with E-state index in [1.807, 2.05) is 64.2 Å². The van der Waals surface area contributed by atoms with Crippen LogP contribution in [0, 0.1) is 13.8 Å². The zero-order chi connectivity index (χ0) is 22.3. The third-order valence-corrected chi connectivity index (χ3v) is 4.67. The van der Waals surface area contributed by atoms with E-state index in [9.17, 15) is 4.79 Å². The third kappa shape index (κ3) is 5.06. The summed E-state index contributed by atoms with van der Waals surface area (Å²) in [4.78, 5) is 12.4. The van der Waals surface area contributed by atoms with Gasteiger partial charge in [0.25, 0.3) is 0 Å². The number of rotatable bonds is 9. The van der Waals surface area contributed by atoms with Gasteiger partial charge in [-0.25, -0.2) is 4.68 Å². The molecule has 0 atom stereocenters. The Hall–Kier alpha value is -3.60. The molecule has 5 heteroatoms. The highest BCUT2D eigenvalue weighted by molar-refractivity contribution is 6.05. The van der Waals surface area contributed by atoms with Crippen molar-refractivity contribution >= 4 is 29.1 Å². The van der Waals surface area contributed by atoms with Gasteiger partial charge in [0.1, 0.15) is 5.76 Å². The number of aromatic nitrogens is 1. The fourth-order valence-electron chi connectivity index (χ4n) is 3.04. The summed E-state index contributed by atoms with van der Waals surface area (Å²) in [5.41, 5.74) is 5.69. The maximum absolute atomic E-state index is 12.4. The Morgan fingerprint density at radius 1 is 1.20 bits per heavy atom. The van der Waals surface area contributed by atoms with Crippen molar-refractivity contribution in [2.45, 2.75) is 27.7 Å². The molecule has 1 aromatic carbocycles. The van der Waals surface area contributed by atoms with Crippen LogP contribution >= 0.6 is 0 Å². The number of ketones is 1. The summed E-state index contributed by atoms with van der Waals surface area (Å²) in [6.45, 7) is 15.9. The van der Waals surface area contributed by atoms with Gasteiger partial charge in [0.15, 0.2) is 5.78 Å². The molecule has 0 spiro atoms. The van der Waals surface area contributed by atoms with Gasteiger partial charge in [-0.3, -0.25) is 4.79 Å². The molecule has 0 unspecified atom stereocenters. The molecule has 1 aromatic heterocycles. The predicted molar refractivity (Wildman–Crippen MR) is 127 cm³/mol. The smallest absolute Gasteiger partial charge is 0.185 e. The minimum absolute atomic E-state index is 0.0596.